The standard InChI is InChI=1S/C24H50NO/c1-2-3-4-5-6-7-8-9-10-11-12-13-14-15-16-17-20-25(23-24-26)21-18-19-22-25/h26H,2-24H2,1H3/q+1. The lowest BCUT2D eigenvalue weighted by molar-refractivity contribution is -0.917. The molecule has 2 nitrogen and oxygen atoms in total. The van der Waals surface area contributed by atoms with E-state index >= 15 is 0 Å². The van der Waals surface area contributed by atoms with Crippen LogP contribution in [0.5, 0.6) is 0 Å². The Morgan fingerprint density at radius 2 is 0.923 bits per heavy atom. The van der Waals surface area contributed by atoms with Crippen LogP contribution in [0.1, 0.15) is 122 Å². The minimum Gasteiger partial charge on any atom is -0.391 e. The van der Waals surface area contributed by atoms with Gasteiger partial charge in [0.25, 0.3) is 0 Å². The minimum atomic E-state index is 0.374. The summed E-state index contributed by atoms with van der Waals surface area (Å²) in [5.74, 6) is 0. The minimum absolute atomic E-state index is 0.374. The van der Waals surface area contributed by atoms with Gasteiger partial charge in [-0.2, -0.15) is 0 Å². The Balaban J connectivity index is 1.77. The van der Waals surface area contributed by atoms with Gasteiger partial charge in [0.05, 0.1) is 26.2 Å². The van der Waals surface area contributed by atoms with Crippen LogP contribution in [-0.4, -0.2) is 42.4 Å². The third-order valence-corrected chi connectivity index (χ3v) is 6.58. The smallest absolute Gasteiger partial charge is 0.102 e. The van der Waals surface area contributed by atoms with Crippen molar-refractivity contribution in [2.45, 2.75) is 122 Å². The molecule has 1 aliphatic heterocycles. The first-order chi connectivity index (χ1) is 12.8. The van der Waals surface area contributed by atoms with E-state index in [9.17, 15) is 5.11 Å². The van der Waals surface area contributed by atoms with Gasteiger partial charge in [0.2, 0.25) is 0 Å². The quantitative estimate of drug-likeness (QED) is 0.195. The summed E-state index contributed by atoms with van der Waals surface area (Å²) in [4.78, 5) is 0. The zero-order chi connectivity index (χ0) is 18.8. The van der Waals surface area contributed by atoms with Crippen molar-refractivity contribution in [2.75, 3.05) is 32.8 Å². The first-order valence-corrected chi connectivity index (χ1v) is 12.3. The molecule has 0 radical (unpaired) electrons. The highest BCUT2D eigenvalue weighted by Gasteiger charge is 2.30. The molecule has 1 N–H and O–H groups in total. The number of quaternary nitrogens is 1. The lowest BCUT2D eigenvalue weighted by atomic mass is 10.0. The Bertz CT molecular complexity index is 286. The SMILES string of the molecule is CCCCCCCCCCCCCCCCCC[N+]1(CCO)CCCC1. The molecule has 0 saturated carbocycles. The van der Waals surface area contributed by atoms with E-state index in [1.54, 1.807) is 0 Å². The van der Waals surface area contributed by atoms with Crippen LogP contribution in [0.3, 0.4) is 0 Å². The number of unbranched alkanes of at least 4 members (excludes halogenated alkanes) is 15. The summed E-state index contributed by atoms with van der Waals surface area (Å²) in [6.45, 7) is 7.62. The third-order valence-electron chi connectivity index (χ3n) is 6.58. The van der Waals surface area contributed by atoms with Crippen molar-refractivity contribution in [2.24, 2.45) is 0 Å². The van der Waals surface area contributed by atoms with E-state index in [2.05, 4.69) is 6.92 Å². The monoisotopic (exact) mass is 368 g/mol. The van der Waals surface area contributed by atoms with Crippen molar-refractivity contribution in [3.05, 3.63) is 0 Å². The molecule has 0 atom stereocenters. The summed E-state index contributed by atoms with van der Waals surface area (Å²) in [5, 5.41) is 9.31. The molecule has 1 heterocycles. The van der Waals surface area contributed by atoms with E-state index in [0.29, 0.717) is 6.61 Å². The molecule has 0 spiro atoms. The highest BCUT2D eigenvalue weighted by atomic mass is 16.3. The van der Waals surface area contributed by atoms with Crippen LogP contribution < -0.4 is 0 Å². The maximum Gasteiger partial charge on any atom is 0.102 e. The average Bonchev–Trinajstić information content (AvgIpc) is 3.10. The summed E-state index contributed by atoms with van der Waals surface area (Å²) in [6.07, 6.45) is 25.8. The van der Waals surface area contributed by atoms with Gasteiger partial charge in [0, 0.05) is 12.8 Å². The van der Waals surface area contributed by atoms with Crippen LogP contribution in [0.15, 0.2) is 0 Å². The maximum atomic E-state index is 9.31. The van der Waals surface area contributed by atoms with Crippen molar-refractivity contribution in [3.8, 4) is 0 Å². The fourth-order valence-electron chi connectivity index (χ4n) is 4.77. The van der Waals surface area contributed by atoms with E-state index in [-0.39, 0.29) is 0 Å². The Morgan fingerprint density at radius 1 is 0.538 bits per heavy atom. The van der Waals surface area contributed by atoms with Crippen molar-refractivity contribution in [3.63, 3.8) is 0 Å². The molecule has 0 amide bonds. The van der Waals surface area contributed by atoms with Crippen LogP contribution in [0.4, 0.5) is 0 Å². The van der Waals surface area contributed by atoms with Gasteiger partial charge in [-0.3, -0.25) is 0 Å². The molecule has 0 aromatic carbocycles. The van der Waals surface area contributed by atoms with Gasteiger partial charge >= 0.3 is 0 Å². The van der Waals surface area contributed by atoms with Crippen molar-refractivity contribution < 1.29 is 9.59 Å². The molecule has 2 heteroatoms. The second-order valence-electron chi connectivity index (χ2n) is 8.97. The van der Waals surface area contributed by atoms with Gasteiger partial charge in [-0.05, 0) is 12.8 Å². The number of aliphatic hydroxyl groups is 1. The zero-order valence-corrected chi connectivity index (χ0v) is 18.2. The topological polar surface area (TPSA) is 20.2 Å². The predicted molar refractivity (Wildman–Crippen MR) is 116 cm³/mol. The first kappa shape index (κ1) is 24.0. The summed E-state index contributed by atoms with van der Waals surface area (Å²) in [5.41, 5.74) is 0. The largest absolute Gasteiger partial charge is 0.391 e. The average molecular weight is 369 g/mol. The summed E-state index contributed by atoms with van der Waals surface area (Å²) in [7, 11) is 0. The van der Waals surface area contributed by atoms with Crippen LogP contribution in [-0.2, 0) is 0 Å². The summed E-state index contributed by atoms with van der Waals surface area (Å²) < 4.78 is 1.22. The number of hydrogen-bond acceptors (Lipinski definition) is 1. The highest BCUT2D eigenvalue weighted by molar-refractivity contribution is 4.56. The molecule has 0 bridgehead atoms. The molecule has 0 aliphatic carbocycles. The van der Waals surface area contributed by atoms with Crippen molar-refractivity contribution in [1.82, 2.24) is 0 Å². The molecule has 1 saturated heterocycles. The van der Waals surface area contributed by atoms with E-state index < -0.39 is 0 Å². The summed E-state index contributed by atoms with van der Waals surface area (Å²) in [6, 6.07) is 0. The van der Waals surface area contributed by atoms with E-state index in [1.807, 2.05) is 0 Å². The van der Waals surface area contributed by atoms with Crippen LogP contribution in [0.2, 0.25) is 0 Å². The van der Waals surface area contributed by atoms with Gasteiger partial charge in [-0.1, -0.05) is 96.8 Å². The van der Waals surface area contributed by atoms with Gasteiger partial charge in [0.15, 0.2) is 0 Å². The molecule has 0 unspecified atom stereocenters. The number of rotatable bonds is 19. The van der Waals surface area contributed by atoms with Crippen LogP contribution in [0, 0.1) is 0 Å². The fraction of sp³-hybridized carbons (Fsp3) is 1.00. The zero-order valence-electron chi connectivity index (χ0n) is 18.2. The molecule has 0 aromatic heterocycles. The molecule has 156 valence electrons. The Hall–Kier alpha value is -0.0800. The number of nitrogens with zero attached hydrogens (tertiary/aromatic N) is 1. The van der Waals surface area contributed by atoms with Crippen LogP contribution >= 0.6 is 0 Å². The summed E-state index contributed by atoms with van der Waals surface area (Å²) >= 11 is 0. The number of likely N-dealkylation sites (tertiary alicyclic amines) is 1. The Morgan fingerprint density at radius 3 is 1.31 bits per heavy atom. The predicted octanol–water partition coefficient (Wildman–Crippen LogP) is 6.85. The van der Waals surface area contributed by atoms with Gasteiger partial charge in [-0.25, -0.2) is 0 Å². The second-order valence-corrected chi connectivity index (χ2v) is 8.97. The molecule has 1 aliphatic rings. The first-order valence-electron chi connectivity index (χ1n) is 12.3. The van der Waals surface area contributed by atoms with E-state index in [0.717, 1.165) is 6.54 Å². The lowest BCUT2D eigenvalue weighted by Crippen LogP contribution is -2.47. The highest BCUT2D eigenvalue weighted by Crippen LogP contribution is 2.21. The Kier molecular flexibility index (Phi) is 15.7. The molecule has 1 rings (SSSR count). The van der Waals surface area contributed by atoms with Gasteiger partial charge < -0.3 is 9.59 Å². The van der Waals surface area contributed by atoms with Crippen LogP contribution in [0.25, 0.3) is 0 Å². The van der Waals surface area contributed by atoms with E-state index in [4.69, 9.17) is 0 Å². The normalized spacial score (nSPS) is 16.4. The second kappa shape index (κ2) is 17.0. The van der Waals surface area contributed by atoms with Gasteiger partial charge in [0.1, 0.15) is 6.54 Å². The molecule has 26 heavy (non-hydrogen) atoms. The molecule has 1 fully saturated rings. The Labute approximate surface area is 165 Å². The number of hydrogen-bond donors (Lipinski definition) is 1. The molecule has 0 aromatic rings. The lowest BCUT2D eigenvalue weighted by Gasteiger charge is -2.33. The number of aliphatic hydroxyl groups excluding tert-OH is 1. The van der Waals surface area contributed by atoms with Crippen molar-refractivity contribution in [1.29, 1.82) is 0 Å². The molecular formula is C24H50NO+. The third kappa shape index (κ3) is 12.3. The maximum absolute atomic E-state index is 9.31. The fourth-order valence-corrected chi connectivity index (χ4v) is 4.77. The van der Waals surface area contributed by atoms with Crippen molar-refractivity contribution >= 4 is 0 Å². The van der Waals surface area contributed by atoms with E-state index in [1.165, 1.54) is 140 Å². The van der Waals surface area contributed by atoms with Gasteiger partial charge in [-0.15, -0.1) is 0 Å². The molecular weight excluding hydrogens is 318 g/mol.